The van der Waals surface area contributed by atoms with E-state index < -0.39 is 0 Å². The number of aryl methyl sites for hydroxylation is 1. The summed E-state index contributed by atoms with van der Waals surface area (Å²) in [6.07, 6.45) is 0.768. The van der Waals surface area contributed by atoms with Crippen LogP contribution in [0.15, 0.2) is 51.4 Å². The number of rotatable bonds is 4. The van der Waals surface area contributed by atoms with Gasteiger partial charge in [0.2, 0.25) is 0 Å². The van der Waals surface area contributed by atoms with Crippen molar-refractivity contribution in [1.82, 2.24) is 9.55 Å². The summed E-state index contributed by atoms with van der Waals surface area (Å²) in [5.41, 5.74) is 3.39. The fraction of sp³-hybridized carbons (Fsp3) is 0.188. The summed E-state index contributed by atoms with van der Waals surface area (Å²) in [4.78, 5) is 4.72. The van der Waals surface area contributed by atoms with Gasteiger partial charge in [-0.15, -0.1) is 11.6 Å². The number of imidazole rings is 1. The molecule has 2 aromatic carbocycles. The van der Waals surface area contributed by atoms with Gasteiger partial charge in [0.1, 0.15) is 5.82 Å². The van der Waals surface area contributed by atoms with Crippen molar-refractivity contribution in [1.29, 1.82) is 0 Å². The summed E-state index contributed by atoms with van der Waals surface area (Å²) in [6.45, 7) is 0.803. The van der Waals surface area contributed by atoms with E-state index in [0.717, 1.165) is 38.8 Å². The number of fused-ring (bicyclic) bond motifs is 1. The molecule has 0 aliphatic rings. The molecule has 0 amide bonds. The third-order valence-electron chi connectivity index (χ3n) is 3.36. The van der Waals surface area contributed by atoms with E-state index in [1.54, 1.807) is 0 Å². The average Bonchev–Trinajstić information content (AvgIpc) is 2.79. The molecule has 0 aliphatic heterocycles. The molecule has 0 radical (unpaired) electrons. The van der Waals surface area contributed by atoms with Gasteiger partial charge in [0.15, 0.2) is 0 Å². The molecule has 0 spiro atoms. The fourth-order valence-electron chi connectivity index (χ4n) is 2.38. The first-order chi connectivity index (χ1) is 10.2. The minimum absolute atomic E-state index is 0.574. The lowest BCUT2D eigenvalue weighted by Crippen LogP contribution is -2.05. The minimum atomic E-state index is 0.574. The molecule has 0 fully saturated rings. The second kappa shape index (κ2) is 6.51. The van der Waals surface area contributed by atoms with Gasteiger partial charge in [0, 0.05) is 27.8 Å². The van der Waals surface area contributed by atoms with Crippen LogP contribution in [0.1, 0.15) is 11.4 Å². The van der Waals surface area contributed by atoms with Crippen LogP contribution in [-0.2, 0) is 13.0 Å². The molecule has 0 unspecified atom stereocenters. The predicted molar refractivity (Wildman–Crippen MR) is 95.1 cm³/mol. The summed E-state index contributed by atoms with van der Waals surface area (Å²) >= 11 is 12.9. The van der Waals surface area contributed by atoms with Crippen molar-refractivity contribution < 1.29 is 0 Å². The van der Waals surface area contributed by atoms with Crippen LogP contribution in [-0.4, -0.2) is 15.4 Å². The molecule has 3 rings (SSSR count). The van der Waals surface area contributed by atoms with Crippen LogP contribution in [0, 0.1) is 0 Å². The highest BCUT2D eigenvalue weighted by Gasteiger charge is 2.11. The topological polar surface area (TPSA) is 17.8 Å². The lowest BCUT2D eigenvalue weighted by Gasteiger charge is -2.09. The zero-order valence-electron chi connectivity index (χ0n) is 11.2. The molecule has 1 heterocycles. The molecule has 108 valence electrons. The van der Waals surface area contributed by atoms with Crippen LogP contribution in [0.2, 0.25) is 0 Å². The summed E-state index contributed by atoms with van der Waals surface area (Å²) in [7, 11) is 0. The average molecular weight is 429 g/mol. The van der Waals surface area contributed by atoms with Gasteiger partial charge in [0.05, 0.1) is 11.0 Å². The van der Waals surface area contributed by atoms with E-state index in [0.29, 0.717) is 5.88 Å². The molecule has 0 bridgehead atoms. The highest BCUT2D eigenvalue weighted by Crippen LogP contribution is 2.23. The number of hydrogen-bond donors (Lipinski definition) is 0. The van der Waals surface area contributed by atoms with E-state index in [-0.39, 0.29) is 0 Å². The van der Waals surface area contributed by atoms with Crippen LogP contribution in [0.5, 0.6) is 0 Å². The van der Waals surface area contributed by atoms with Crippen molar-refractivity contribution in [3.05, 3.63) is 62.8 Å². The molecule has 0 saturated heterocycles. The van der Waals surface area contributed by atoms with Gasteiger partial charge >= 0.3 is 0 Å². The van der Waals surface area contributed by atoms with Gasteiger partial charge in [-0.25, -0.2) is 4.98 Å². The van der Waals surface area contributed by atoms with Crippen LogP contribution in [0.25, 0.3) is 11.0 Å². The SMILES string of the molecule is ClCCc1nc2cc(Br)ccc2n1Cc1ccc(Br)cc1. The second-order valence-electron chi connectivity index (χ2n) is 4.81. The number of halogens is 3. The molecule has 0 aliphatic carbocycles. The van der Waals surface area contributed by atoms with Crippen LogP contribution in [0.3, 0.4) is 0 Å². The van der Waals surface area contributed by atoms with Gasteiger partial charge < -0.3 is 4.57 Å². The number of nitrogens with zero attached hydrogens (tertiary/aromatic N) is 2. The smallest absolute Gasteiger partial charge is 0.111 e. The molecular weight excluding hydrogens is 415 g/mol. The first-order valence-electron chi connectivity index (χ1n) is 6.62. The summed E-state index contributed by atoms with van der Waals surface area (Å²) in [5.74, 6) is 1.60. The monoisotopic (exact) mass is 426 g/mol. The van der Waals surface area contributed by atoms with Crippen molar-refractivity contribution in [3.8, 4) is 0 Å². The molecule has 0 atom stereocenters. The highest BCUT2D eigenvalue weighted by atomic mass is 79.9. The van der Waals surface area contributed by atoms with E-state index in [1.807, 2.05) is 12.1 Å². The standard InChI is InChI=1S/C16H13Br2ClN2/c17-12-3-1-11(2-4-12)10-21-15-6-5-13(18)9-14(15)20-16(21)7-8-19/h1-6,9H,7-8,10H2. The summed E-state index contributed by atoms with van der Waals surface area (Å²) in [5, 5.41) is 0. The van der Waals surface area contributed by atoms with Crippen molar-refractivity contribution >= 4 is 54.5 Å². The Hall–Kier alpha value is -0.840. The highest BCUT2D eigenvalue weighted by molar-refractivity contribution is 9.10. The Kier molecular flexibility index (Phi) is 4.67. The molecule has 5 heteroatoms. The van der Waals surface area contributed by atoms with Crippen LogP contribution in [0.4, 0.5) is 0 Å². The molecular formula is C16H13Br2ClN2. The largest absolute Gasteiger partial charge is 0.323 e. The maximum absolute atomic E-state index is 5.92. The van der Waals surface area contributed by atoms with Gasteiger partial charge in [-0.1, -0.05) is 44.0 Å². The molecule has 1 aromatic heterocycles. The Labute approximate surface area is 145 Å². The molecule has 3 aromatic rings. The fourth-order valence-corrected chi connectivity index (χ4v) is 3.16. The Morgan fingerprint density at radius 1 is 1.00 bits per heavy atom. The first-order valence-corrected chi connectivity index (χ1v) is 8.74. The second-order valence-corrected chi connectivity index (χ2v) is 7.02. The van der Waals surface area contributed by atoms with Crippen LogP contribution >= 0.6 is 43.5 Å². The Morgan fingerprint density at radius 3 is 2.43 bits per heavy atom. The quantitative estimate of drug-likeness (QED) is 0.510. The van der Waals surface area contributed by atoms with E-state index in [2.05, 4.69) is 66.8 Å². The molecule has 0 saturated carbocycles. The number of aromatic nitrogens is 2. The normalized spacial score (nSPS) is 11.2. The zero-order chi connectivity index (χ0) is 14.8. The van der Waals surface area contributed by atoms with Gasteiger partial charge in [-0.05, 0) is 35.9 Å². The summed E-state index contributed by atoms with van der Waals surface area (Å²) < 4.78 is 4.38. The zero-order valence-corrected chi connectivity index (χ0v) is 15.1. The van der Waals surface area contributed by atoms with E-state index in [1.165, 1.54) is 5.56 Å². The predicted octanol–water partition coefficient (Wildman–Crippen LogP) is 5.39. The van der Waals surface area contributed by atoms with Gasteiger partial charge in [0.25, 0.3) is 0 Å². The van der Waals surface area contributed by atoms with E-state index in [9.17, 15) is 0 Å². The third kappa shape index (κ3) is 3.33. The van der Waals surface area contributed by atoms with Crippen molar-refractivity contribution in [3.63, 3.8) is 0 Å². The number of alkyl halides is 1. The maximum atomic E-state index is 5.92. The van der Waals surface area contributed by atoms with E-state index in [4.69, 9.17) is 16.6 Å². The Balaban J connectivity index is 2.06. The number of hydrogen-bond acceptors (Lipinski definition) is 1. The van der Waals surface area contributed by atoms with E-state index >= 15 is 0 Å². The Bertz CT molecular complexity index is 766. The number of benzene rings is 2. The third-order valence-corrected chi connectivity index (χ3v) is 4.57. The van der Waals surface area contributed by atoms with Crippen molar-refractivity contribution in [2.45, 2.75) is 13.0 Å². The molecule has 0 N–H and O–H groups in total. The molecule has 21 heavy (non-hydrogen) atoms. The maximum Gasteiger partial charge on any atom is 0.111 e. The van der Waals surface area contributed by atoms with Crippen molar-refractivity contribution in [2.75, 3.05) is 5.88 Å². The Morgan fingerprint density at radius 2 is 1.71 bits per heavy atom. The van der Waals surface area contributed by atoms with Gasteiger partial charge in [-0.3, -0.25) is 0 Å². The lowest BCUT2D eigenvalue weighted by atomic mass is 10.2. The minimum Gasteiger partial charge on any atom is -0.323 e. The van der Waals surface area contributed by atoms with Crippen molar-refractivity contribution in [2.24, 2.45) is 0 Å². The van der Waals surface area contributed by atoms with Gasteiger partial charge in [-0.2, -0.15) is 0 Å². The lowest BCUT2D eigenvalue weighted by molar-refractivity contribution is 0.754. The summed E-state index contributed by atoms with van der Waals surface area (Å²) in [6, 6.07) is 14.6. The van der Waals surface area contributed by atoms with Crippen LogP contribution < -0.4 is 0 Å². The molecule has 2 nitrogen and oxygen atoms in total. The first kappa shape index (κ1) is 15.1.